The molecule has 1 unspecified atom stereocenters. The topological polar surface area (TPSA) is 66.8 Å². The van der Waals surface area contributed by atoms with Gasteiger partial charge in [-0.25, -0.2) is 0 Å². The molecule has 2 aromatic rings. The highest BCUT2D eigenvalue weighted by molar-refractivity contribution is 7.85. The molecule has 1 N–H and O–H groups in total. The number of ether oxygens (including phenoxy) is 1. The van der Waals surface area contributed by atoms with Gasteiger partial charge in [-0.05, 0) is 56.1 Å². The van der Waals surface area contributed by atoms with E-state index in [9.17, 15) is 8.42 Å². The van der Waals surface area contributed by atoms with Crippen molar-refractivity contribution in [2.24, 2.45) is 0 Å². The van der Waals surface area contributed by atoms with Crippen LogP contribution in [0.15, 0.2) is 41.3 Å². The lowest BCUT2D eigenvalue weighted by molar-refractivity contribution is 0.177. The molecule has 0 aromatic heterocycles. The van der Waals surface area contributed by atoms with E-state index in [1.165, 1.54) is 12.1 Å². The van der Waals surface area contributed by atoms with Crippen molar-refractivity contribution in [3.8, 4) is 5.75 Å². The summed E-state index contributed by atoms with van der Waals surface area (Å²) in [6.07, 6.45) is 0.0159. The molecule has 5 nitrogen and oxygen atoms in total. The van der Waals surface area contributed by atoms with E-state index in [0.29, 0.717) is 11.1 Å². The molecule has 0 heterocycles. The summed E-state index contributed by atoms with van der Waals surface area (Å²) < 4.78 is 37.3. The van der Waals surface area contributed by atoms with Crippen LogP contribution >= 0.6 is 0 Å². The monoisotopic (exact) mass is 309 g/mol. The van der Waals surface area contributed by atoms with E-state index >= 15 is 0 Å². The SMILES string of the molecule is CC(CN(C)C)Oc1ccc2ccc(S(=O)(=O)O)cc2c1. The largest absolute Gasteiger partial charge is 0.489 e. The fraction of sp³-hybridized carbons (Fsp3) is 0.333. The molecule has 6 heteroatoms. The third kappa shape index (κ3) is 4.17. The van der Waals surface area contributed by atoms with Gasteiger partial charge in [-0.2, -0.15) is 8.42 Å². The lowest BCUT2D eigenvalue weighted by Crippen LogP contribution is -2.27. The van der Waals surface area contributed by atoms with Gasteiger partial charge in [-0.1, -0.05) is 12.1 Å². The van der Waals surface area contributed by atoms with E-state index in [4.69, 9.17) is 9.29 Å². The zero-order chi connectivity index (χ0) is 15.6. The van der Waals surface area contributed by atoms with Gasteiger partial charge in [0, 0.05) is 6.54 Å². The maximum Gasteiger partial charge on any atom is 0.294 e. The minimum Gasteiger partial charge on any atom is -0.489 e. The summed E-state index contributed by atoms with van der Waals surface area (Å²) in [7, 11) is -0.252. The van der Waals surface area contributed by atoms with Crippen LogP contribution in [0.2, 0.25) is 0 Å². The highest BCUT2D eigenvalue weighted by Crippen LogP contribution is 2.24. The lowest BCUT2D eigenvalue weighted by atomic mass is 10.1. The van der Waals surface area contributed by atoms with Crippen LogP contribution in [0.25, 0.3) is 10.8 Å². The van der Waals surface area contributed by atoms with Gasteiger partial charge in [0.25, 0.3) is 10.1 Å². The van der Waals surface area contributed by atoms with Gasteiger partial charge in [0.15, 0.2) is 0 Å². The highest BCUT2D eigenvalue weighted by Gasteiger charge is 2.11. The molecule has 21 heavy (non-hydrogen) atoms. The molecule has 0 aliphatic rings. The molecule has 0 saturated carbocycles. The predicted octanol–water partition coefficient (Wildman–Crippen LogP) is 2.42. The molecular formula is C15H19NO4S. The Kier molecular flexibility index (Phi) is 4.51. The molecule has 0 saturated heterocycles. The zero-order valence-corrected chi connectivity index (χ0v) is 13.1. The van der Waals surface area contributed by atoms with Crippen LogP contribution in [0.4, 0.5) is 0 Å². The fourth-order valence-electron chi connectivity index (χ4n) is 2.22. The summed E-state index contributed by atoms with van der Waals surface area (Å²) in [6, 6.07) is 9.96. The molecule has 1 atom stereocenters. The standard InChI is InChI=1S/C15H19NO4S/c1-11(10-16(2)3)20-14-6-4-12-5-7-15(21(17,18)19)9-13(12)8-14/h4-9,11H,10H2,1-3H3,(H,17,18,19). The Hall–Kier alpha value is -1.63. The van der Waals surface area contributed by atoms with Crippen LogP contribution in [0.5, 0.6) is 5.75 Å². The molecule has 0 aliphatic heterocycles. The van der Waals surface area contributed by atoms with Crippen LogP contribution in [0.3, 0.4) is 0 Å². The number of fused-ring (bicyclic) bond motifs is 1. The van der Waals surface area contributed by atoms with Gasteiger partial charge in [0.2, 0.25) is 0 Å². The second-order valence-corrected chi connectivity index (χ2v) is 6.76. The molecule has 114 valence electrons. The first-order valence-corrected chi connectivity index (χ1v) is 8.02. The van der Waals surface area contributed by atoms with Crippen molar-refractivity contribution in [1.29, 1.82) is 0 Å². The van der Waals surface area contributed by atoms with E-state index in [-0.39, 0.29) is 11.0 Å². The van der Waals surface area contributed by atoms with Crippen LogP contribution < -0.4 is 4.74 Å². The van der Waals surface area contributed by atoms with Crippen LogP contribution in [-0.2, 0) is 10.1 Å². The summed E-state index contributed by atoms with van der Waals surface area (Å²) in [5, 5.41) is 1.59. The number of nitrogens with zero attached hydrogens (tertiary/aromatic N) is 1. The predicted molar refractivity (Wildman–Crippen MR) is 82.4 cm³/mol. The average Bonchev–Trinajstić information content (AvgIpc) is 2.35. The second kappa shape index (κ2) is 6.01. The number of hydrogen-bond acceptors (Lipinski definition) is 4. The van der Waals surface area contributed by atoms with Crippen molar-refractivity contribution in [2.45, 2.75) is 17.9 Å². The van der Waals surface area contributed by atoms with Gasteiger partial charge >= 0.3 is 0 Å². The molecule has 0 amide bonds. The van der Waals surface area contributed by atoms with Crippen LogP contribution in [-0.4, -0.2) is 44.6 Å². The quantitative estimate of drug-likeness (QED) is 0.859. The normalized spacial score (nSPS) is 13.6. The van der Waals surface area contributed by atoms with Crippen molar-refractivity contribution in [3.05, 3.63) is 36.4 Å². The van der Waals surface area contributed by atoms with Gasteiger partial charge in [-0.15, -0.1) is 0 Å². The molecular weight excluding hydrogens is 290 g/mol. The fourth-order valence-corrected chi connectivity index (χ4v) is 2.74. The van der Waals surface area contributed by atoms with Crippen molar-refractivity contribution >= 4 is 20.9 Å². The smallest absolute Gasteiger partial charge is 0.294 e. The Morgan fingerprint density at radius 3 is 2.43 bits per heavy atom. The van der Waals surface area contributed by atoms with Crippen LogP contribution in [0.1, 0.15) is 6.92 Å². The average molecular weight is 309 g/mol. The van der Waals surface area contributed by atoms with E-state index in [1.807, 2.05) is 38.1 Å². The van der Waals surface area contributed by atoms with E-state index in [0.717, 1.165) is 11.9 Å². The van der Waals surface area contributed by atoms with E-state index in [2.05, 4.69) is 0 Å². The molecule has 0 radical (unpaired) electrons. The lowest BCUT2D eigenvalue weighted by Gasteiger charge is -2.19. The number of hydrogen-bond donors (Lipinski definition) is 1. The van der Waals surface area contributed by atoms with Gasteiger partial charge < -0.3 is 9.64 Å². The third-order valence-corrected chi connectivity index (χ3v) is 3.89. The maximum absolute atomic E-state index is 11.2. The van der Waals surface area contributed by atoms with E-state index < -0.39 is 10.1 Å². The van der Waals surface area contributed by atoms with Crippen LogP contribution in [0, 0.1) is 0 Å². The first-order chi connectivity index (χ1) is 9.75. The molecule has 0 bridgehead atoms. The minimum atomic E-state index is -4.19. The zero-order valence-electron chi connectivity index (χ0n) is 12.3. The maximum atomic E-state index is 11.2. The third-order valence-electron chi connectivity index (χ3n) is 3.04. The molecule has 2 rings (SSSR count). The van der Waals surface area contributed by atoms with Crippen molar-refractivity contribution in [3.63, 3.8) is 0 Å². The molecule has 0 aliphatic carbocycles. The molecule has 0 spiro atoms. The summed E-state index contributed by atoms with van der Waals surface area (Å²) in [6.45, 7) is 2.75. The first-order valence-electron chi connectivity index (χ1n) is 6.58. The number of likely N-dealkylation sites (N-methyl/N-ethyl adjacent to an activating group) is 1. The Morgan fingerprint density at radius 2 is 1.81 bits per heavy atom. The summed E-state index contributed by atoms with van der Waals surface area (Å²) >= 11 is 0. The summed E-state index contributed by atoms with van der Waals surface area (Å²) in [5.41, 5.74) is 0. The van der Waals surface area contributed by atoms with Gasteiger partial charge in [0.05, 0.1) is 4.90 Å². The first kappa shape index (κ1) is 15.8. The Morgan fingerprint density at radius 1 is 1.14 bits per heavy atom. The summed E-state index contributed by atoms with van der Waals surface area (Å²) in [4.78, 5) is 1.91. The van der Waals surface area contributed by atoms with Gasteiger partial charge in [-0.3, -0.25) is 4.55 Å². The highest BCUT2D eigenvalue weighted by atomic mass is 32.2. The number of rotatable bonds is 5. The minimum absolute atomic E-state index is 0.0159. The van der Waals surface area contributed by atoms with Crippen molar-refractivity contribution < 1.29 is 17.7 Å². The molecule has 2 aromatic carbocycles. The Bertz CT molecular complexity index is 740. The van der Waals surface area contributed by atoms with E-state index in [1.54, 1.807) is 12.1 Å². The molecule has 0 fully saturated rings. The number of benzene rings is 2. The van der Waals surface area contributed by atoms with Crippen molar-refractivity contribution in [2.75, 3.05) is 20.6 Å². The second-order valence-electron chi connectivity index (χ2n) is 5.34. The Labute approximate surface area is 124 Å². The van der Waals surface area contributed by atoms with Gasteiger partial charge in [0.1, 0.15) is 11.9 Å². The summed E-state index contributed by atoms with van der Waals surface area (Å²) in [5.74, 6) is 0.671. The Balaban J connectivity index is 2.31. The van der Waals surface area contributed by atoms with Crippen molar-refractivity contribution in [1.82, 2.24) is 4.90 Å².